The quantitative estimate of drug-likeness (QED) is 0.712. The number of Topliss-reactive ketones (excluding diaryl/α,β-unsaturated/α-hetero) is 1. The van der Waals surface area contributed by atoms with Crippen molar-refractivity contribution in [2.75, 3.05) is 14.2 Å². The van der Waals surface area contributed by atoms with Crippen molar-refractivity contribution in [2.45, 2.75) is 51.7 Å². The first-order valence-electron chi connectivity index (χ1n) is 8.36. The summed E-state index contributed by atoms with van der Waals surface area (Å²) in [4.78, 5) is 35.9. The monoisotopic (exact) mass is 365 g/mol. The summed E-state index contributed by atoms with van der Waals surface area (Å²) in [5.41, 5.74) is 0.167. The molecule has 1 unspecified atom stereocenters. The molecular formula is C19H27NO6. The van der Waals surface area contributed by atoms with Gasteiger partial charge in [0.2, 0.25) is 0 Å². The summed E-state index contributed by atoms with van der Waals surface area (Å²) in [6.07, 6.45) is -0.220. The largest absolute Gasteiger partial charge is 0.497 e. The molecule has 1 aromatic rings. The Bertz CT molecular complexity index is 618. The van der Waals surface area contributed by atoms with Gasteiger partial charge in [-0.15, -0.1) is 0 Å². The number of nitrogens with one attached hydrogen (secondary N) is 1. The zero-order valence-corrected chi connectivity index (χ0v) is 16.0. The predicted molar refractivity (Wildman–Crippen MR) is 96.1 cm³/mol. The molecule has 1 atom stereocenters. The molecule has 0 heterocycles. The van der Waals surface area contributed by atoms with E-state index in [0.29, 0.717) is 5.75 Å². The number of rotatable bonds is 8. The zero-order valence-electron chi connectivity index (χ0n) is 16.0. The number of benzene rings is 1. The molecule has 0 radical (unpaired) electrons. The molecule has 0 spiro atoms. The summed E-state index contributed by atoms with van der Waals surface area (Å²) in [5.74, 6) is 0.0525. The number of amides is 1. The van der Waals surface area contributed by atoms with E-state index in [4.69, 9.17) is 9.47 Å². The number of ether oxygens (including phenoxy) is 3. The van der Waals surface area contributed by atoms with Crippen molar-refractivity contribution in [3.8, 4) is 5.75 Å². The number of carbonyl (C=O) groups excluding carboxylic acids is 3. The van der Waals surface area contributed by atoms with Gasteiger partial charge in [-0.1, -0.05) is 12.1 Å². The lowest BCUT2D eigenvalue weighted by Crippen LogP contribution is -2.44. The van der Waals surface area contributed by atoms with Crippen LogP contribution in [0.25, 0.3) is 0 Å². The fourth-order valence-electron chi connectivity index (χ4n) is 2.21. The van der Waals surface area contributed by atoms with Gasteiger partial charge in [-0.3, -0.25) is 4.79 Å². The predicted octanol–water partition coefficient (Wildman–Crippen LogP) is 2.65. The van der Waals surface area contributed by atoms with Gasteiger partial charge in [0.1, 0.15) is 23.2 Å². The average molecular weight is 365 g/mol. The van der Waals surface area contributed by atoms with Crippen LogP contribution in [-0.2, 0) is 25.5 Å². The van der Waals surface area contributed by atoms with Crippen LogP contribution in [0.4, 0.5) is 4.79 Å². The number of alkyl carbamates (subject to hydrolysis) is 1. The highest BCUT2D eigenvalue weighted by molar-refractivity contribution is 5.84. The molecule has 0 aliphatic carbocycles. The Morgan fingerprint density at radius 2 is 1.69 bits per heavy atom. The lowest BCUT2D eigenvalue weighted by Gasteiger charge is -2.22. The molecule has 1 N–H and O–H groups in total. The number of hydrogen-bond acceptors (Lipinski definition) is 6. The molecule has 0 aromatic heterocycles. The molecule has 7 heteroatoms. The van der Waals surface area contributed by atoms with Gasteiger partial charge in [0.05, 0.1) is 14.2 Å². The first kappa shape index (κ1) is 21.5. The van der Waals surface area contributed by atoms with E-state index in [1.807, 2.05) is 12.1 Å². The minimum absolute atomic E-state index is 0.0462. The normalized spacial score (nSPS) is 12.0. The fraction of sp³-hybridized carbons (Fsp3) is 0.526. The Morgan fingerprint density at radius 1 is 1.08 bits per heavy atom. The molecular weight excluding hydrogens is 338 g/mol. The molecule has 0 fully saturated rings. The molecule has 0 aliphatic heterocycles. The topological polar surface area (TPSA) is 90.9 Å². The average Bonchev–Trinajstić information content (AvgIpc) is 2.57. The number of hydrogen-bond donors (Lipinski definition) is 1. The lowest BCUT2D eigenvalue weighted by atomic mass is 10.0. The van der Waals surface area contributed by atoms with E-state index in [2.05, 4.69) is 10.1 Å². The van der Waals surface area contributed by atoms with Crippen LogP contribution in [-0.4, -0.2) is 43.7 Å². The van der Waals surface area contributed by atoms with Crippen LogP contribution < -0.4 is 10.1 Å². The van der Waals surface area contributed by atoms with Crippen molar-refractivity contribution in [1.29, 1.82) is 0 Å². The van der Waals surface area contributed by atoms with Crippen LogP contribution >= 0.6 is 0 Å². The van der Waals surface area contributed by atoms with Crippen LogP contribution in [0.2, 0.25) is 0 Å². The van der Waals surface area contributed by atoms with Gasteiger partial charge in [-0.05, 0) is 44.9 Å². The third-order valence-electron chi connectivity index (χ3n) is 3.45. The van der Waals surface area contributed by atoms with Gasteiger partial charge in [0, 0.05) is 12.8 Å². The van der Waals surface area contributed by atoms with E-state index in [1.54, 1.807) is 40.0 Å². The highest BCUT2D eigenvalue weighted by Gasteiger charge is 2.25. The first-order chi connectivity index (χ1) is 12.1. The Morgan fingerprint density at radius 3 is 2.19 bits per heavy atom. The van der Waals surface area contributed by atoms with Crippen molar-refractivity contribution in [2.24, 2.45) is 0 Å². The summed E-state index contributed by atoms with van der Waals surface area (Å²) >= 11 is 0. The molecule has 144 valence electrons. The molecule has 1 rings (SSSR count). The second kappa shape index (κ2) is 9.79. The highest BCUT2D eigenvalue weighted by atomic mass is 16.6. The molecule has 0 aliphatic rings. The molecule has 1 amide bonds. The molecule has 1 aromatic carbocycles. The van der Waals surface area contributed by atoms with Crippen molar-refractivity contribution in [3.05, 3.63) is 29.8 Å². The number of methoxy groups -OCH3 is 2. The van der Waals surface area contributed by atoms with Crippen LogP contribution in [0.1, 0.15) is 39.2 Å². The van der Waals surface area contributed by atoms with Gasteiger partial charge < -0.3 is 19.5 Å². The van der Waals surface area contributed by atoms with E-state index >= 15 is 0 Å². The van der Waals surface area contributed by atoms with Gasteiger partial charge in [0.15, 0.2) is 0 Å². The van der Waals surface area contributed by atoms with E-state index in [-0.39, 0.29) is 25.0 Å². The lowest BCUT2D eigenvalue weighted by molar-refractivity contribution is -0.143. The van der Waals surface area contributed by atoms with Gasteiger partial charge in [-0.25, -0.2) is 9.59 Å². The molecule has 26 heavy (non-hydrogen) atoms. The molecule has 0 saturated carbocycles. The van der Waals surface area contributed by atoms with Gasteiger partial charge in [0.25, 0.3) is 0 Å². The van der Waals surface area contributed by atoms with Gasteiger partial charge in [-0.2, -0.15) is 0 Å². The standard InChI is InChI=1S/C19H27NO6/c1-19(2,3)26-18(23)20-16(17(22)25-5)11-8-14(21)12-13-6-9-15(24-4)10-7-13/h6-7,9-10,16H,8,11-12H2,1-5H3,(H,20,23). The molecule has 0 saturated heterocycles. The van der Waals surface area contributed by atoms with Crippen molar-refractivity contribution >= 4 is 17.8 Å². The Kier molecular flexibility index (Phi) is 8.09. The zero-order chi connectivity index (χ0) is 19.7. The number of carbonyl (C=O) groups is 3. The second-order valence-electron chi connectivity index (χ2n) is 6.82. The van der Waals surface area contributed by atoms with Gasteiger partial charge >= 0.3 is 12.1 Å². The fourth-order valence-corrected chi connectivity index (χ4v) is 2.21. The maximum atomic E-state index is 12.2. The minimum Gasteiger partial charge on any atom is -0.497 e. The maximum absolute atomic E-state index is 12.2. The smallest absolute Gasteiger partial charge is 0.408 e. The summed E-state index contributed by atoms with van der Waals surface area (Å²) in [7, 11) is 2.80. The van der Waals surface area contributed by atoms with Crippen LogP contribution in [0, 0.1) is 0 Å². The van der Waals surface area contributed by atoms with Crippen molar-refractivity contribution in [3.63, 3.8) is 0 Å². The van der Waals surface area contributed by atoms with Crippen molar-refractivity contribution in [1.82, 2.24) is 5.32 Å². The third kappa shape index (κ3) is 8.00. The summed E-state index contributed by atoms with van der Waals surface area (Å²) < 4.78 is 14.9. The van der Waals surface area contributed by atoms with Crippen LogP contribution in [0.5, 0.6) is 5.75 Å². The third-order valence-corrected chi connectivity index (χ3v) is 3.45. The second-order valence-corrected chi connectivity index (χ2v) is 6.82. The van der Waals surface area contributed by atoms with E-state index in [1.165, 1.54) is 7.11 Å². The number of esters is 1. The van der Waals surface area contributed by atoms with E-state index < -0.39 is 23.7 Å². The summed E-state index contributed by atoms with van der Waals surface area (Å²) in [6.45, 7) is 5.16. The first-order valence-corrected chi connectivity index (χ1v) is 8.36. The van der Waals surface area contributed by atoms with Crippen LogP contribution in [0.15, 0.2) is 24.3 Å². The maximum Gasteiger partial charge on any atom is 0.408 e. The molecule has 0 bridgehead atoms. The summed E-state index contributed by atoms with van der Waals surface area (Å²) in [5, 5.41) is 2.45. The SMILES string of the molecule is COC(=O)C(CCC(=O)Cc1ccc(OC)cc1)NC(=O)OC(C)(C)C. The molecule has 7 nitrogen and oxygen atoms in total. The highest BCUT2D eigenvalue weighted by Crippen LogP contribution is 2.13. The Hall–Kier alpha value is -2.57. The Labute approximate surface area is 154 Å². The minimum atomic E-state index is -0.935. The van der Waals surface area contributed by atoms with E-state index in [9.17, 15) is 14.4 Å². The van der Waals surface area contributed by atoms with Crippen LogP contribution in [0.3, 0.4) is 0 Å². The van der Waals surface area contributed by atoms with Crippen molar-refractivity contribution < 1.29 is 28.6 Å². The Balaban J connectivity index is 2.57. The summed E-state index contributed by atoms with van der Waals surface area (Å²) in [6, 6.07) is 6.25. The van der Waals surface area contributed by atoms with E-state index in [0.717, 1.165) is 5.56 Å². The number of ketones is 1.